The van der Waals surface area contributed by atoms with E-state index in [4.69, 9.17) is 9.84 Å². The molecule has 40 heavy (non-hydrogen) atoms. The van der Waals surface area contributed by atoms with Crippen molar-refractivity contribution >= 4 is 40.7 Å². The smallest absolute Gasteiger partial charge is 0.240 e. The fourth-order valence-electron chi connectivity index (χ4n) is 5.11. The summed E-state index contributed by atoms with van der Waals surface area (Å²) >= 11 is 3.03. The molecule has 0 aliphatic carbocycles. The number of carbonyl (C=O) groups is 2. The number of thioether (sulfide) groups is 1. The molecule has 1 N–H and O–H groups in total. The van der Waals surface area contributed by atoms with E-state index in [9.17, 15) is 14.0 Å². The number of fused-ring (bicyclic) bond motifs is 1. The monoisotopic (exact) mass is 576 g/mol. The van der Waals surface area contributed by atoms with E-state index in [0.717, 1.165) is 45.8 Å². The van der Waals surface area contributed by atoms with Gasteiger partial charge in [-0.3, -0.25) is 14.5 Å². The van der Waals surface area contributed by atoms with Crippen LogP contribution in [0.3, 0.4) is 0 Å². The average Bonchev–Trinajstić information content (AvgIpc) is 3.72. The van der Waals surface area contributed by atoms with Crippen LogP contribution >= 0.6 is 23.1 Å². The predicted octanol–water partition coefficient (Wildman–Crippen LogP) is 5.51. The number of hydrogen-bond donors (Lipinski definition) is 1. The van der Waals surface area contributed by atoms with Crippen LogP contribution in [0.1, 0.15) is 34.8 Å². The second-order valence-corrected chi connectivity index (χ2v) is 12.0. The first-order chi connectivity index (χ1) is 19.5. The van der Waals surface area contributed by atoms with Crippen molar-refractivity contribution in [2.45, 2.75) is 31.1 Å². The number of ether oxygens (including phenoxy) is 1. The molecule has 0 spiro atoms. The Morgan fingerprint density at radius 1 is 1.15 bits per heavy atom. The molecule has 1 saturated heterocycles. The number of amides is 2. The van der Waals surface area contributed by atoms with E-state index in [1.807, 2.05) is 48.7 Å². The Morgan fingerprint density at radius 3 is 2.65 bits per heavy atom. The van der Waals surface area contributed by atoms with Gasteiger partial charge in [0.1, 0.15) is 23.9 Å². The Hall–Kier alpha value is -3.47. The zero-order valence-corrected chi connectivity index (χ0v) is 23.6. The highest BCUT2D eigenvalue weighted by Gasteiger charge is 2.38. The molecule has 206 valence electrons. The van der Waals surface area contributed by atoms with E-state index in [1.165, 1.54) is 23.9 Å². The van der Waals surface area contributed by atoms with E-state index < -0.39 is 0 Å². The van der Waals surface area contributed by atoms with Gasteiger partial charge in [0.2, 0.25) is 11.8 Å². The molecule has 0 unspecified atom stereocenters. The Kier molecular flexibility index (Phi) is 7.73. The summed E-state index contributed by atoms with van der Waals surface area (Å²) in [6, 6.07) is 18.3. The number of nitrogens with one attached hydrogen (secondary N) is 1. The number of anilines is 1. The third kappa shape index (κ3) is 5.43. The number of hydrogen-bond acceptors (Lipinski definition) is 6. The minimum atomic E-state index is -0.322. The second kappa shape index (κ2) is 11.6. The minimum Gasteiger partial charge on any atom is -0.376 e. The lowest BCUT2D eigenvalue weighted by atomic mass is 10.0. The van der Waals surface area contributed by atoms with Gasteiger partial charge in [0.25, 0.3) is 0 Å². The molecule has 0 saturated carbocycles. The zero-order valence-electron chi connectivity index (χ0n) is 22.0. The molecular weight excluding hydrogens is 547 g/mol. The van der Waals surface area contributed by atoms with Crippen LogP contribution in [0.2, 0.25) is 0 Å². The lowest BCUT2D eigenvalue weighted by molar-refractivity contribution is -0.123. The molecule has 2 amide bonds. The topological polar surface area (TPSA) is 76.5 Å². The molecule has 0 bridgehead atoms. The molecule has 4 aromatic rings. The Balaban J connectivity index is 1.49. The maximum absolute atomic E-state index is 13.9. The van der Waals surface area contributed by atoms with Crippen LogP contribution in [-0.4, -0.2) is 53.1 Å². The first-order valence-electron chi connectivity index (χ1n) is 13.3. The fraction of sp³-hybridized carbons (Fsp3) is 0.300. The molecule has 2 aliphatic heterocycles. The van der Waals surface area contributed by atoms with Crippen molar-refractivity contribution in [3.05, 3.63) is 88.6 Å². The molecule has 2 aromatic heterocycles. The number of benzene rings is 2. The van der Waals surface area contributed by atoms with Gasteiger partial charge in [-0.1, -0.05) is 35.9 Å². The minimum absolute atomic E-state index is 0.00118. The summed E-state index contributed by atoms with van der Waals surface area (Å²) in [5.74, 6) is -0.0441. The fourth-order valence-corrected chi connectivity index (χ4v) is 7.04. The van der Waals surface area contributed by atoms with Gasteiger partial charge in [-0.05, 0) is 61.0 Å². The van der Waals surface area contributed by atoms with Crippen molar-refractivity contribution in [3.8, 4) is 16.3 Å². The van der Waals surface area contributed by atoms with E-state index in [0.29, 0.717) is 19.0 Å². The Labute approximate surface area is 240 Å². The summed E-state index contributed by atoms with van der Waals surface area (Å²) in [5, 5.41) is 9.72. The number of rotatable bonds is 7. The summed E-state index contributed by atoms with van der Waals surface area (Å²) in [6.07, 6.45) is 1.90. The molecule has 1 fully saturated rings. The van der Waals surface area contributed by atoms with Crippen molar-refractivity contribution < 1.29 is 18.7 Å². The van der Waals surface area contributed by atoms with Crippen LogP contribution in [0.4, 0.5) is 10.2 Å². The zero-order chi connectivity index (χ0) is 27.6. The lowest BCUT2D eigenvalue weighted by Gasteiger charge is -2.23. The van der Waals surface area contributed by atoms with Crippen LogP contribution in [0.5, 0.6) is 0 Å². The molecule has 6 rings (SSSR count). The van der Waals surface area contributed by atoms with Gasteiger partial charge in [-0.15, -0.1) is 23.1 Å². The average molecular weight is 577 g/mol. The van der Waals surface area contributed by atoms with Gasteiger partial charge in [-0.25, -0.2) is 9.07 Å². The van der Waals surface area contributed by atoms with E-state index in [-0.39, 0.29) is 41.3 Å². The summed E-state index contributed by atoms with van der Waals surface area (Å²) < 4.78 is 21.3. The van der Waals surface area contributed by atoms with Crippen LogP contribution < -0.4 is 10.2 Å². The maximum atomic E-state index is 13.9. The standard InChI is InChI=1S/C30H29FN4O3S2/c1-19-6-12-22(13-7-19)35-30-27(28(33-35)24-5-3-15-39-24)29(20-8-10-21(31)11-9-20)40-18-26(37)34(30)17-25(36)32-16-23-4-2-14-38-23/h3,5-13,15,23,29H,2,4,14,16-18H2,1H3,(H,32,36)/t23-,29-/m0/s1. The Bertz CT molecular complexity index is 1500. The largest absolute Gasteiger partial charge is 0.376 e. The molecule has 2 aliphatic rings. The van der Waals surface area contributed by atoms with Gasteiger partial charge >= 0.3 is 0 Å². The number of carbonyl (C=O) groups excluding carboxylic acids is 2. The van der Waals surface area contributed by atoms with Crippen molar-refractivity contribution in [1.29, 1.82) is 0 Å². The molecule has 7 nitrogen and oxygen atoms in total. The third-order valence-electron chi connectivity index (χ3n) is 7.15. The third-order valence-corrected chi connectivity index (χ3v) is 9.28. The van der Waals surface area contributed by atoms with Crippen molar-refractivity contribution in [2.75, 3.05) is 30.3 Å². The van der Waals surface area contributed by atoms with Gasteiger partial charge in [0.15, 0.2) is 0 Å². The molecule has 2 aromatic carbocycles. The van der Waals surface area contributed by atoms with Crippen molar-refractivity contribution in [2.24, 2.45) is 0 Å². The molecular formula is C30H29FN4O3S2. The highest BCUT2D eigenvalue weighted by molar-refractivity contribution is 8.00. The summed E-state index contributed by atoms with van der Waals surface area (Å²) in [5.41, 5.74) is 4.32. The van der Waals surface area contributed by atoms with Crippen LogP contribution in [0, 0.1) is 12.7 Å². The maximum Gasteiger partial charge on any atom is 0.240 e. The summed E-state index contributed by atoms with van der Waals surface area (Å²) in [7, 11) is 0. The second-order valence-electron chi connectivity index (χ2n) is 9.97. The SMILES string of the molecule is Cc1ccc(-n2nc(-c3cccs3)c3c2N(CC(=O)NC[C@@H]2CCCO2)C(=O)CS[C@H]3c2ccc(F)cc2)cc1. The van der Waals surface area contributed by atoms with E-state index >= 15 is 0 Å². The molecule has 4 heterocycles. The molecule has 10 heteroatoms. The highest BCUT2D eigenvalue weighted by atomic mass is 32.2. The van der Waals surface area contributed by atoms with Crippen LogP contribution in [-0.2, 0) is 14.3 Å². The van der Waals surface area contributed by atoms with Gasteiger partial charge in [-0.2, -0.15) is 5.10 Å². The first-order valence-corrected chi connectivity index (χ1v) is 15.2. The van der Waals surface area contributed by atoms with Crippen molar-refractivity contribution in [1.82, 2.24) is 15.1 Å². The van der Waals surface area contributed by atoms with Crippen LogP contribution in [0.15, 0.2) is 66.0 Å². The number of thiophene rings is 1. The number of aromatic nitrogens is 2. The summed E-state index contributed by atoms with van der Waals surface area (Å²) in [6.45, 7) is 2.99. The first kappa shape index (κ1) is 26.7. The van der Waals surface area contributed by atoms with Crippen LogP contribution in [0.25, 0.3) is 16.3 Å². The number of halogens is 1. The Morgan fingerprint density at radius 2 is 1.95 bits per heavy atom. The quantitative estimate of drug-likeness (QED) is 0.314. The summed E-state index contributed by atoms with van der Waals surface area (Å²) in [4.78, 5) is 29.5. The van der Waals surface area contributed by atoms with Gasteiger partial charge in [0.05, 0.1) is 27.7 Å². The number of aryl methyl sites for hydroxylation is 1. The molecule has 2 atom stereocenters. The lowest BCUT2D eigenvalue weighted by Crippen LogP contribution is -2.44. The predicted molar refractivity (Wildman–Crippen MR) is 157 cm³/mol. The highest BCUT2D eigenvalue weighted by Crippen LogP contribution is 2.49. The van der Waals surface area contributed by atoms with Gasteiger partial charge in [0, 0.05) is 18.7 Å². The van der Waals surface area contributed by atoms with Crippen molar-refractivity contribution in [3.63, 3.8) is 0 Å². The normalized spacial score (nSPS) is 18.9. The van der Waals surface area contributed by atoms with Gasteiger partial charge < -0.3 is 10.1 Å². The van der Waals surface area contributed by atoms with E-state index in [1.54, 1.807) is 33.1 Å². The number of nitrogens with zero attached hydrogens (tertiary/aromatic N) is 3. The molecule has 0 radical (unpaired) electrons. The van der Waals surface area contributed by atoms with E-state index in [2.05, 4.69) is 5.32 Å².